The number of anilines is 1. The lowest BCUT2D eigenvalue weighted by Gasteiger charge is -2.20. The van der Waals surface area contributed by atoms with Crippen molar-refractivity contribution >= 4 is 5.82 Å². The Morgan fingerprint density at radius 3 is 2.42 bits per heavy atom. The van der Waals surface area contributed by atoms with E-state index < -0.39 is 0 Å². The Kier molecular flexibility index (Phi) is 6.79. The number of pyridine rings is 1. The van der Waals surface area contributed by atoms with Gasteiger partial charge in [-0.3, -0.25) is 0 Å². The predicted octanol–water partition coefficient (Wildman–Crippen LogP) is 5.10. The van der Waals surface area contributed by atoms with Crippen molar-refractivity contribution in [2.24, 2.45) is 0 Å². The van der Waals surface area contributed by atoms with E-state index in [-0.39, 0.29) is 12.6 Å². The molecular formula is C26H30N6O. The van der Waals surface area contributed by atoms with Crippen LogP contribution >= 0.6 is 0 Å². The fourth-order valence-electron chi connectivity index (χ4n) is 3.87. The molecule has 0 aliphatic rings. The number of aliphatic hydroxyl groups is 1. The Labute approximate surface area is 194 Å². The van der Waals surface area contributed by atoms with Crippen LogP contribution in [0.25, 0.3) is 17.1 Å². The van der Waals surface area contributed by atoms with E-state index in [0.29, 0.717) is 17.1 Å². The summed E-state index contributed by atoms with van der Waals surface area (Å²) in [6.07, 6.45) is 5.69. The molecule has 1 atom stereocenters. The Balaban J connectivity index is 1.59. The number of nitrogens with one attached hydrogen (secondary N) is 1. The third-order valence-corrected chi connectivity index (χ3v) is 5.70. The van der Waals surface area contributed by atoms with Crippen LogP contribution < -0.4 is 5.32 Å². The quantitative estimate of drug-likeness (QED) is 0.395. The molecule has 4 aromatic rings. The number of hydrogen-bond donors (Lipinski definition) is 2. The first kappa shape index (κ1) is 22.6. The summed E-state index contributed by atoms with van der Waals surface area (Å²) in [4.78, 5) is 8.90. The Bertz CT molecular complexity index is 1230. The minimum Gasteiger partial charge on any atom is -0.390 e. The van der Waals surface area contributed by atoms with Crippen LogP contribution in [0.3, 0.4) is 0 Å². The number of imidazole rings is 1. The SMILES string of the molecule is CCC[C@H](Nc1nnc(-c2ccc(-n3cnc(C)c3)c(CO)n2)cc1C)c1ccc(C)cc1. The molecule has 4 rings (SSSR count). The zero-order chi connectivity index (χ0) is 23.4. The number of benzene rings is 1. The van der Waals surface area contributed by atoms with Gasteiger partial charge in [0.2, 0.25) is 0 Å². The van der Waals surface area contributed by atoms with Gasteiger partial charge in [-0.25, -0.2) is 9.97 Å². The first-order chi connectivity index (χ1) is 16.0. The van der Waals surface area contributed by atoms with E-state index in [9.17, 15) is 5.11 Å². The van der Waals surface area contributed by atoms with Gasteiger partial charge in [0.1, 0.15) is 5.69 Å². The van der Waals surface area contributed by atoms with Gasteiger partial charge in [0, 0.05) is 6.20 Å². The predicted molar refractivity (Wildman–Crippen MR) is 130 cm³/mol. The van der Waals surface area contributed by atoms with Crippen LogP contribution in [0.2, 0.25) is 0 Å². The van der Waals surface area contributed by atoms with Gasteiger partial charge in [0.15, 0.2) is 5.82 Å². The molecule has 0 saturated carbocycles. The zero-order valence-electron chi connectivity index (χ0n) is 19.6. The molecule has 0 aliphatic carbocycles. The standard InChI is InChI=1S/C26H30N6O/c1-5-6-21(20-9-7-17(2)8-10-20)29-26-18(3)13-23(30-31-26)22-11-12-25(24(15-33)28-22)32-14-19(4)27-16-32/h7-14,16,21,33H,5-6,15H2,1-4H3,(H,29,31)/t21-/m0/s1. The first-order valence-electron chi connectivity index (χ1n) is 11.3. The lowest BCUT2D eigenvalue weighted by molar-refractivity contribution is 0.276. The highest BCUT2D eigenvalue weighted by Crippen LogP contribution is 2.27. The maximum atomic E-state index is 9.89. The Hall–Kier alpha value is -3.58. The van der Waals surface area contributed by atoms with Crippen LogP contribution in [0, 0.1) is 20.8 Å². The lowest BCUT2D eigenvalue weighted by Crippen LogP contribution is -2.13. The highest BCUT2D eigenvalue weighted by molar-refractivity contribution is 5.60. The van der Waals surface area contributed by atoms with Gasteiger partial charge < -0.3 is 15.0 Å². The van der Waals surface area contributed by atoms with Crippen LogP contribution in [0.4, 0.5) is 5.82 Å². The van der Waals surface area contributed by atoms with Crippen molar-refractivity contribution in [1.82, 2.24) is 24.7 Å². The molecule has 33 heavy (non-hydrogen) atoms. The van der Waals surface area contributed by atoms with Crippen molar-refractivity contribution in [1.29, 1.82) is 0 Å². The number of nitrogens with zero attached hydrogens (tertiary/aromatic N) is 5. The van der Waals surface area contributed by atoms with Crippen LogP contribution in [0.15, 0.2) is 55.0 Å². The fourth-order valence-corrected chi connectivity index (χ4v) is 3.87. The summed E-state index contributed by atoms with van der Waals surface area (Å²) < 4.78 is 1.86. The number of aromatic nitrogens is 5. The molecule has 170 valence electrons. The lowest BCUT2D eigenvalue weighted by atomic mass is 10.0. The molecule has 0 amide bonds. The van der Waals surface area contributed by atoms with E-state index >= 15 is 0 Å². The minimum absolute atomic E-state index is 0.173. The van der Waals surface area contributed by atoms with E-state index in [2.05, 4.69) is 63.6 Å². The second-order valence-corrected chi connectivity index (χ2v) is 8.40. The molecular weight excluding hydrogens is 412 g/mol. The van der Waals surface area contributed by atoms with E-state index in [4.69, 9.17) is 0 Å². The molecule has 0 fully saturated rings. The van der Waals surface area contributed by atoms with Gasteiger partial charge in [0.05, 0.1) is 41.7 Å². The normalized spacial score (nSPS) is 12.0. The zero-order valence-corrected chi connectivity index (χ0v) is 19.6. The molecule has 1 aromatic carbocycles. The maximum Gasteiger partial charge on any atom is 0.152 e. The third-order valence-electron chi connectivity index (χ3n) is 5.70. The molecule has 2 N–H and O–H groups in total. The van der Waals surface area contributed by atoms with E-state index in [0.717, 1.165) is 35.6 Å². The molecule has 0 aliphatic heterocycles. The van der Waals surface area contributed by atoms with Crippen molar-refractivity contribution in [2.45, 2.75) is 53.2 Å². The summed E-state index contributed by atoms with van der Waals surface area (Å²) in [6, 6.07) is 14.6. The summed E-state index contributed by atoms with van der Waals surface area (Å²) in [5.41, 5.74) is 7.09. The smallest absolute Gasteiger partial charge is 0.152 e. The number of aryl methyl sites for hydroxylation is 3. The van der Waals surface area contributed by atoms with E-state index in [1.54, 1.807) is 6.33 Å². The Morgan fingerprint density at radius 2 is 1.79 bits per heavy atom. The molecule has 3 aromatic heterocycles. The van der Waals surface area contributed by atoms with Gasteiger partial charge in [-0.1, -0.05) is 43.2 Å². The van der Waals surface area contributed by atoms with Crippen LogP contribution in [-0.2, 0) is 6.61 Å². The van der Waals surface area contributed by atoms with E-state index in [1.165, 1.54) is 11.1 Å². The van der Waals surface area contributed by atoms with Crippen LogP contribution in [-0.4, -0.2) is 29.8 Å². The highest BCUT2D eigenvalue weighted by Gasteiger charge is 2.15. The molecule has 7 nitrogen and oxygen atoms in total. The average molecular weight is 443 g/mol. The Morgan fingerprint density at radius 1 is 1.00 bits per heavy atom. The van der Waals surface area contributed by atoms with Crippen molar-refractivity contribution < 1.29 is 5.11 Å². The molecule has 3 heterocycles. The van der Waals surface area contributed by atoms with Gasteiger partial charge in [-0.2, -0.15) is 0 Å². The largest absolute Gasteiger partial charge is 0.390 e. The fraction of sp³-hybridized carbons (Fsp3) is 0.308. The van der Waals surface area contributed by atoms with Crippen molar-refractivity contribution in [2.75, 3.05) is 5.32 Å². The first-order valence-corrected chi connectivity index (χ1v) is 11.3. The molecule has 0 bridgehead atoms. The van der Waals surface area contributed by atoms with Gasteiger partial charge in [-0.05, 0) is 56.5 Å². The second-order valence-electron chi connectivity index (χ2n) is 8.40. The van der Waals surface area contributed by atoms with Gasteiger partial charge in [-0.15, -0.1) is 10.2 Å². The number of rotatable bonds is 8. The minimum atomic E-state index is -0.179. The average Bonchev–Trinajstić information content (AvgIpc) is 3.26. The van der Waals surface area contributed by atoms with Crippen LogP contribution in [0.5, 0.6) is 0 Å². The summed E-state index contributed by atoms with van der Waals surface area (Å²) in [6.45, 7) is 8.05. The summed E-state index contributed by atoms with van der Waals surface area (Å²) in [5, 5.41) is 22.4. The summed E-state index contributed by atoms with van der Waals surface area (Å²) in [5.74, 6) is 0.769. The highest BCUT2D eigenvalue weighted by atomic mass is 16.3. The molecule has 7 heteroatoms. The molecule has 0 unspecified atom stereocenters. The van der Waals surface area contributed by atoms with Crippen LogP contribution in [0.1, 0.15) is 53.9 Å². The van der Waals surface area contributed by atoms with Gasteiger partial charge in [0.25, 0.3) is 0 Å². The summed E-state index contributed by atoms with van der Waals surface area (Å²) in [7, 11) is 0. The molecule has 0 saturated heterocycles. The molecule has 0 radical (unpaired) electrons. The second kappa shape index (κ2) is 9.92. The third kappa shape index (κ3) is 5.09. The van der Waals surface area contributed by atoms with Crippen molar-refractivity contribution in [3.8, 4) is 17.1 Å². The van der Waals surface area contributed by atoms with Crippen molar-refractivity contribution in [3.63, 3.8) is 0 Å². The van der Waals surface area contributed by atoms with E-state index in [1.807, 2.05) is 42.8 Å². The maximum absolute atomic E-state index is 9.89. The summed E-state index contributed by atoms with van der Waals surface area (Å²) >= 11 is 0. The van der Waals surface area contributed by atoms with Gasteiger partial charge >= 0.3 is 0 Å². The number of aliphatic hydroxyl groups excluding tert-OH is 1. The topological polar surface area (TPSA) is 88.8 Å². The number of hydrogen-bond acceptors (Lipinski definition) is 6. The monoisotopic (exact) mass is 442 g/mol. The molecule has 0 spiro atoms. The van der Waals surface area contributed by atoms with Crippen molar-refractivity contribution in [3.05, 3.63) is 83.1 Å².